The van der Waals surface area contributed by atoms with Crippen molar-refractivity contribution >= 4 is 34.1 Å². The summed E-state index contributed by atoms with van der Waals surface area (Å²) in [5, 5.41) is 2.99. The molecule has 8 nitrogen and oxygen atoms in total. The summed E-state index contributed by atoms with van der Waals surface area (Å²) >= 11 is 0.973. The molecule has 0 saturated heterocycles. The van der Waals surface area contributed by atoms with Gasteiger partial charge in [0, 0.05) is 12.7 Å². The molecular formula is C20H26N3O5S+. The number of rotatable bonds is 10. The lowest BCUT2D eigenvalue weighted by atomic mass is 10.1. The molecule has 0 aliphatic rings. The molecular weight excluding hydrogens is 394 g/mol. The minimum Gasteiger partial charge on any atom is -0.460 e. The fourth-order valence-electron chi connectivity index (χ4n) is 2.82. The number of nitrogens with one attached hydrogen (secondary N) is 2. The zero-order valence-corrected chi connectivity index (χ0v) is 17.6. The lowest BCUT2D eigenvalue weighted by Crippen LogP contribution is -3.08. The Morgan fingerprint density at radius 3 is 2.48 bits per heavy atom. The third kappa shape index (κ3) is 6.38. The van der Waals surface area contributed by atoms with Crippen LogP contribution in [0.1, 0.15) is 31.2 Å². The number of anilines is 1. The highest BCUT2D eigenvalue weighted by Gasteiger charge is 2.26. The Hall–Kier alpha value is -2.75. The molecule has 1 unspecified atom stereocenters. The van der Waals surface area contributed by atoms with Crippen LogP contribution in [0.2, 0.25) is 0 Å². The lowest BCUT2D eigenvalue weighted by Gasteiger charge is -2.14. The maximum atomic E-state index is 12.5. The van der Waals surface area contributed by atoms with Crippen molar-refractivity contribution in [3.8, 4) is 0 Å². The van der Waals surface area contributed by atoms with Crippen LogP contribution in [-0.2, 0) is 20.8 Å². The van der Waals surface area contributed by atoms with Crippen LogP contribution in [0.25, 0.3) is 0 Å². The fraction of sp³-hybridized carbons (Fsp3) is 0.350. The summed E-state index contributed by atoms with van der Waals surface area (Å²) in [5.41, 5.74) is 7.05. The first-order valence-electron chi connectivity index (χ1n) is 9.07. The number of nitrogens with two attached hydrogens (primary N) is 1. The van der Waals surface area contributed by atoms with E-state index in [1.54, 1.807) is 6.92 Å². The van der Waals surface area contributed by atoms with E-state index in [1.165, 1.54) is 7.11 Å². The first-order valence-corrected chi connectivity index (χ1v) is 9.89. The second-order valence-corrected chi connectivity index (χ2v) is 7.62. The SMILES string of the molecule is COCCOC(=O)c1c(NC(=O)C[NH+](C)Cc2ccccc2)sc(C(N)=O)c1C. The third-order valence-corrected chi connectivity index (χ3v) is 5.38. The highest BCUT2D eigenvalue weighted by atomic mass is 32.1. The van der Waals surface area contributed by atoms with Crippen molar-refractivity contribution in [3.05, 3.63) is 51.9 Å². The van der Waals surface area contributed by atoms with Crippen LogP contribution in [0.4, 0.5) is 5.00 Å². The van der Waals surface area contributed by atoms with Gasteiger partial charge in [0.05, 0.1) is 24.1 Å². The van der Waals surface area contributed by atoms with E-state index in [-0.39, 0.29) is 41.1 Å². The predicted octanol–water partition coefficient (Wildman–Crippen LogP) is 0.612. The quantitative estimate of drug-likeness (QED) is 0.385. The number of hydrogen-bond acceptors (Lipinski definition) is 6. The number of hydrogen-bond donors (Lipinski definition) is 3. The summed E-state index contributed by atoms with van der Waals surface area (Å²) in [7, 11) is 3.40. The minimum absolute atomic E-state index is 0.0634. The minimum atomic E-state index is -0.661. The van der Waals surface area contributed by atoms with Gasteiger partial charge in [-0.3, -0.25) is 9.59 Å². The van der Waals surface area contributed by atoms with Crippen molar-refractivity contribution in [2.24, 2.45) is 5.73 Å². The van der Waals surface area contributed by atoms with E-state index < -0.39 is 11.9 Å². The molecule has 1 atom stereocenters. The standard InChI is InChI=1S/C20H25N3O5S/c1-13-16(20(26)28-10-9-27-3)19(29-17(13)18(21)25)22-15(24)12-23(2)11-14-7-5-4-6-8-14/h4-8H,9-12H2,1-3H3,(H2,21,25)(H,22,24)/p+1. The molecule has 0 radical (unpaired) electrons. The Morgan fingerprint density at radius 2 is 1.86 bits per heavy atom. The molecule has 1 heterocycles. The molecule has 0 spiro atoms. The molecule has 1 aromatic heterocycles. The van der Waals surface area contributed by atoms with Crippen molar-refractivity contribution in [2.45, 2.75) is 13.5 Å². The van der Waals surface area contributed by atoms with Gasteiger partial charge in [0.15, 0.2) is 6.54 Å². The number of amides is 2. The van der Waals surface area contributed by atoms with Crippen LogP contribution in [-0.4, -0.2) is 51.7 Å². The molecule has 0 bridgehead atoms. The van der Waals surface area contributed by atoms with E-state index in [4.69, 9.17) is 15.2 Å². The van der Waals surface area contributed by atoms with E-state index in [9.17, 15) is 14.4 Å². The molecule has 0 saturated carbocycles. The van der Waals surface area contributed by atoms with Crippen molar-refractivity contribution in [3.63, 3.8) is 0 Å². The monoisotopic (exact) mass is 420 g/mol. The topological polar surface area (TPSA) is 112 Å². The summed E-state index contributed by atoms with van der Waals surface area (Å²) in [6.45, 7) is 2.78. The summed E-state index contributed by atoms with van der Waals surface area (Å²) < 4.78 is 10.0. The average molecular weight is 421 g/mol. The van der Waals surface area contributed by atoms with Crippen molar-refractivity contribution < 1.29 is 28.8 Å². The van der Waals surface area contributed by atoms with E-state index in [2.05, 4.69) is 5.32 Å². The average Bonchev–Trinajstić information content (AvgIpc) is 2.98. The molecule has 0 aliphatic heterocycles. The first-order chi connectivity index (χ1) is 13.8. The molecule has 156 valence electrons. The third-order valence-electron chi connectivity index (χ3n) is 4.16. The summed E-state index contributed by atoms with van der Waals surface area (Å²) in [4.78, 5) is 37.9. The molecule has 2 amide bonds. The Bertz CT molecular complexity index is 867. The van der Waals surface area contributed by atoms with Gasteiger partial charge < -0.3 is 25.4 Å². The second kappa shape index (κ2) is 10.7. The van der Waals surface area contributed by atoms with Crippen molar-refractivity contribution in [2.75, 3.05) is 39.2 Å². The lowest BCUT2D eigenvalue weighted by molar-refractivity contribution is -0.885. The second-order valence-electron chi connectivity index (χ2n) is 6.60. The van der Waals surface area contributed by atoms with E-state index >= 15 is 0 Å². The highest BCUT2D eigenvalue weighted by Crippen LogP contribution is 2.33. The smallest absolute Gasteiger partial charge is 0.341 e. The number of ether oxygens (including phenoxy) is 2. The van der Waals surface area contributed by atoms with Crippen LogP contribution in [0.3, 0.4) is 0 Å². The number of primary amides is 1. The van der Waals surface area contributed by atoms with Gasteiger partial charge >= 0.3 is 5.97 Å². The zero-order valence-electron chi connectivity index (χ0n) is 16.7. The summed E-state index contributed by atoms with van der Waals surface area (Å²) in [6.07, 6.45) is 0. The molecule has 2 aromatic rings. The number of carbonyl (C=O) groups excluding carboxylic acids is 3. The molecule has 0 fully saturated rings. The van der Waals surface area contributed by atoms with Gasteiger partial charge in [-0.15, -0.1) is 11.3 Å². The largest absolute Gasteiger partial charge is 0.460 e. The van der Waals surface area contributed by atoms with Gasteiger partial charge in [-0.25, -0.2) is 4.79 Å². The number of thiophene rings is 1. The van der Waals surface area contributed by atoms with Crippen LogP contribution in [0, 0.1) is 6.92 Å². The number of esters is 1. The summed E-state index contributed by atoms with van der Waals surface area (Å²) in [6, 6.07) is 9.83. The maximum absolute atomic E-state index is 12.5. The van der Waals surface area contributed by atoms with Crippen LogP contribution in [0.15, 0.2) is 30.3 Å². The van der Waals surface area contributed by atoms with Crippen molar-refractivity contribution in [1.29, 1.82) is 0 Å². The number of quaternary nitrogens is 1. The predicted molar refractivity (Wildman–Crippen MR) is 110 cm³/mol. The van der Waals surface area contributed by atoms with Crippen LogP contribution >= 0.6 is 11.3 Å². The van der Waals surface area contributed by atoms with Crippen LogP contribution < -0.4 is 16.0 Å². The Kier molecular flexibility index (Phi) is 8.32. The van der Waals surface area contributed by atoms with Gasteiger partial charge in [0.25, 0.3) is 11.8 Å². The maximum Gasteiger partial charge on any atom is 0.341 e. The van der Waals surface area contributed by atoms with Gasteiger partial charge in [-0.05, 0) is 12.5 Å². The highest BCUT2D eigenvalue weighted by molar-refractivity contribution is 7.18. The number of likely N-dealkylation sites (N-methyl/N-ethyl adjacent to an activating group) is 1. The zero-order chi connectivity index (χ0) is 21.4. The first kappa shape index (κ1) is 22.5. The molecule has 29 heavy (non-hydrogen) atoms. The molecule has 1 aromatic carbocycles. The Labute approximate surface area is 173 Å². The number of benzene rings is 1. The van der Waals surface area contributed by atoms with E-state index in [0.29, 0.717) is 12.1 Å². The van der Waals surface area contributed by atoms with Gasteiger partial charge in [-0.2, -0.15) is 0 Å². The molecule has 0 aliphatic carbocycles. The van der Waals surface area contributed by atoms with Crippen molar-refractivity contribution in [1.82, 2.24) is 0 Å². The number of methoxy groups -OCH3 is 1. The molecule has 9 heteroatoms. The molecule has 2 rings (SSSR count). The molecule has 4 N–H and O–H groups in total. The Balaban J connectivity index is 2.11. The number of carbonyl (C=O) groups is 3. The summed E-state index contributed by atoms with van der Waals surface area (Å²) in [5.74, 6) is -1.57. The fourth-order valence-corrected chi connectivity index (χ4v) is 3.89. The van der Waals surface area contributed by atoms with Gasteiger partial charge in [-0.1, -0.05) is 30.3 Å². The van der Waals surface area contributed by atoms with Gasteiger partial charge in [0.2, 0.25) is 0 Å². The van der Waals surface area contributed by atoms with Gasteiger partial charge in [0.1, 0.15) is 18.2 Å². The van der Waals surface area contributed by atoms with E-state index in [0.717, 1.165) is 21.8 Å². The Morgan fingerprint density at radius 1 is 1.17 bits per heavy atom. The normalized spacial score (nSPS) is 11.7. The van der Waals surface area contributed by atoms with E-state index in [1.807, 2.05) is 37.4 Å². The van der Waals surface area contributed by atoms with Crippen LogP contribution in [0.5, 0.6) is 0 Å².